The zero-order valence-electron chi connectivity index (χ0n) is 20.9. The number of aliphatic imine (C=N–C) groups is 1. The molecule has 0 atom stereocenters. The van der Waals surface area contributed by atoms with Gasteiger partial charge >= 0.3 is 6.03 Å². The van der Waals surface area contributed by atoms with Gasteiger partial charge in [-0.05, 0) is 49.4 Å². The van der Waals surface area contributed by atoms with E-state index in [1.165, 1.54) is 5.56 Å². The van der Waals surface area contributed by atoms with E-state index in [9.17, 15) is 4.79 Å². The fourth-order valence-corrected chi connectivity index (χ4v) is 4.90. The van der Waals surface area contributed by atoms with Gasteiger partial charge in [-0.15, -0.1) is 0 Å². The lowest BCUT2D eigenvalue weighted by atomic mass is 9.96. The summed E-state index contributed by atoms with van der Waals surface area (Å²) in [5, 5.41) is 3.07. The van der Waals surface area contributed by atoms with Crippen LogP contribution in [-0.2, 0) is 19.4 Å². The minimum atomic E-state index is -0.114. The number of nitrogens with one attached hydrogen (secondary N) is 1. The minimum Gasteiger partial charge on any atom is -0.404 e. The fraction of sp³-hybridized carbons (Fsp3) is 0.310. The number of benzene rings is 2. The van der Waals surface area contributed by atoms with Crippen molar-refractivity contribution in [2.45, 2.75) is 46.1 Å². The van der Waals surface area contributed by atoms with Crippen LogP contribution in [0, 0.1) is 6.92 Å². The van der Waals surface area contributed by atoms with Crippen LogP contribution in [0.1, 0.15) is 48.0 Å². The number of nitrogens with two attached hydrogens (primary N) is 1. The lowest BCUT2D eigenvalue weighted by Gasteiger charge is -2.30. The molecule has 2 aromatic carbocycles. The van der Waals surface area contributed by atoms with Crippen molar-refractivity contribution in [1.29, 1.82) is 0 Å². The number of hydrogen-bond donors (Lipinski definition) is 2. The largest absolute Gasteiger partial charge is 0.404 e. The maximum Gasteiger partial charge on any atom is 0.322 e. The van der Waals surface area contributed by atoms with E-state index >= 15 is 0 Å². The van der Waals surface area contributed by atoms with Gasteiger partial charge in [0.15, 0.2) is 5.82 Å². The minimum absolute atomic E-state index is 0.114. The number of aryl methyl sites for hydroxylation is 2. The van der Waals surface area contributed by atoms with Crippen LogP contribution in [0.3, 0.4) is 0 Å². The van der Waals surface area contributed by atoms with Gasteiger partial charge in [0, 0.05) is 48.2 Å². The van der Waals surface area contributed by atoms with Crippen molar-refractivity contribution < 1.29 is 4.79 Å². The average molecular weight is 481 g/mol. The molecule has 1 aromatic heterocycles. The first-order chi connectivity index (χ1) is 17.6. The molecule has 3 heterocycles. The zero-order valence-corrected chi connectivity index (χ0v) is 20.9. The third kappa shape index (κ3) is 4.73. The predicted molar refractivity (Wildman–Crippen MR) is 145 cm³/mol. The van der Waals surface area contributed by atoms with Crippen molar-refractivity contribution in [2.75, 3.05) is 18.4 Å². The summed E-state index contributed by atoms with van der Waals surface area (Å²) in [4.78, 5) is 29.7. The Labute approximate surface area is 212 Å². The first-order valence-corrected chi connectivity index (χ1v) is 12.6. The van der Waals surface area contributed by atoms with Gasteiger partial charge in [-0.25, -0.2) is 14.8 Å². The third-order valence-electron chi connectivity index (χ3n) is 6.93. The molecule has 0 radical (unpaired) electrons. The molecule has 3 aromatic rings. The molecular formula is C29H32N6O. The summed E-state index contributed by atoms with van der Waals surface area (Å²) in [6, 6.07) is 16.1. The number of nitrogens with zero attached hydrogens (tertiary/aromatic N) is 4. The Hall–Kier alpha value is -4.00. The summed E-state index contributed by atoms with van der Waals surface area (Å²) in [6.45, 7) is 6.03. The Morgan fingerprint density at radius 2 is 2.00 bits per heavy atom. The number of rotatable bonds is 5. The molecule has 0 spiro atoms. The van der Waals surface area contributed by atoms with Crippen LogP contribution in [0.5, 0.6) is 0 Å². The number of hydrogen-bond acceptors (Lipinski definition) is 5. The normalized spacial score (nSPS) is 15.4. The molecule has 7 heteroatoms. The summed E-state index contributed by atoms with van der Waals surface area (Å²) in [5.41, 5.74) is 14.8. The Balaban J connectivity index is 1.51. The monoisotopic (exact) mass is 480 g/mol. The summed E-state index contributed by atoms with van der Waals surface area (Å²) in [6.07, 6.45) is 5.06. The van der Waals surface area contributed by atoms with Crippen molar-refractivity contribution in [3.8, 4) is 11.3 Å². The molecule has 0 unspecified atom stereocenters. The molecule has 2 aliphatic rings. The molecule has 0 saturated carbocycles. The van der Waals surface area contributed by atoms with Gasteiger partial charge in [0.1, 0.15) is 0 Å². The lowest BCUT2D eigenvalue weighted by molar-refractivity contribution is 0.206. The van der Waals surface area contributed by atoms with Crippen LogP contribution in [0.4, 0.5) is 10.5 Å². The van der Waals surface area contributed by atoms with Gasteiger partial charge < -0.3 is 16.0 Å². The summed E-state index contributed by atoms with van der Waals surface area (Å²) >= 11 is 0. The molecule has 0 saturated heterocycles. The number of amides is 2. The highest BCUT2D eigenvalue weighted by Gasteiger charge is 2.28. The Morgan fingerprint density at radius 3 is 2.75 bits per heavy atom. The fourth-order valence-electron chi connectivity index (χ4n) is 4.90. The first-order valence-electron chi connectivity index (χ1n) is 12.6. The summed E-state index contributed by atoms with van der Waals surface area (Å²) in [5.74, 6) is 0.615. The summed E-state index contributed by atoms with van der Waals surface area (Å²) < 4.78 is 0. The molecule has 5 rings (SSSR count). The van der Waals surface area contributed by atoms with Gasteiger partial charge in [0.25, 0.3) is 0 Å². The van der Waals surface area contributed by atoms with Crippen LogP contribution in [0.25, 0.3) is 16.8 Å². The second-order valence-electron chi connectivity index (χ2n) is 9.30. The number of carbonyl (C=O) groups is 1. The highest BCUT2D eigenvalue weighted by Crippen LogP contribution is 2.32. The van der Waals surface area contributed by atoms with E-state index in [0.29, 0.717) is 25.3 Å². The van der Waals surface area contributed by atoms with Crippen LogP contribution < -0.4 is 11.1 Å². The maximum atomic E-state index is 13.2. The number of anilines is 1. The van der Waals surface area contributed by atoms with Crippen LogP contribution >= 0.6 is 0 Å². The van der Waals surface area contributed by atoms with E-state index in [-0.39, 0.29) is 6.03 Å². The average Bonchev–Trinajstić information content (AvgIpc) is 3.43. The van der Waals surface area contributed by atoms with Crippen molar-refractivity contribution in [3.63, 3.8) is 0 Å². The van der Waals surface area contributed by atoms with E-state index < -0.39 is 0 Å². The van der Waals surface area contributed by atoms with Gasteiger partial charge in [0.05, 0.1) is 23.5 Å². The third-order valence-corrected chi connectivity index (χ3v) is 6.93. The lowest BCUT2D eigenvalue weighted by Crippen LogP contribution is -2.39. The van der Waals surface area contributed by atoms with Gasteiger partial charge in [0.2, 0.25) is 0 Å². The number of aromatic nitrogens is 2. The van der Waals surface area contributed by atoms with Crippen LogP contribution in [0.15, 0.2) is 59.7 Å². The molecule has 2 aliphatic heterocycles. The second kappa shape index (κ2) is 10.3. The first kappa shape index (κ1) is 23.7. The number of urea groups is 1. The van der Waals surface area contributed by atoms with Crippen molar-refractivity contribution >= 4 is 23.0 Å². The van der Waals surface area contributed by atoms with Crippen molar-refractivity contribution in [1.82, 2.24) is 14.9 Å². The molecule has 36 heavy (non-hydrogen) atoms. The highest BCUT2D eigenvalue weighted by atomic mass is 16.2. The van der Waals surface area contributed by atoms with Gasteiger partial charge in [-0.2, -0.15) is 0 Å². The molecule has 0 aliphatic carbocycles. The van der Waals surface area contributed by atoms with Gasteiger partial charge in [-0.1, -0.05) is 43.3 Å². The predicted octanol–water partition coefficient (Wildman–Crippen LogP) is 5.14. The molecule has 2 amide bonds. The molecular weight excluding hydrogens is 448 g/mol. The smallest absolute Gasteiger partial charge is 0.322 e. The molecule has 0 bridgehead atoms. The second-order valence-corrected chi connectivity index (χ2v) is 9.30. The van der Waals surface area contributed by atoms with Crippen molar-refractivity contribution in [3.05, 3.63) is 82.9 Å². The van der Waals surface area contributed by atoms with E-state index in [4.69, 9.17) is 15.7 Å². The van der Waals surface area contributed by atoms with E-state index in [0.717, 1.165) is 70.9 Å². The zero-order chi connectivity index (χ0) is 25.1. The Kier molecular flexibility index (Phi) is 6.80. The van der Waals surface area contributed by atoms with Crippen LogP contribution in [0.2, 0.25) is 0 Å². The van der Waals surface area contributed by atoms with Crippen LogP contribution in [-0.4, -0.2) is 39.7 Å². The standard InChI is InChI=1S/C29H32N6O/c1-3-20-9-6-10-21(16-20)32-29(36)35-15-13-26-24(18-35)27(22-11-5-4-8-19(22)2)34-28(33-26)23(17-30)25-12-7-14-31-25/h4-6,8-11,16-17H,3,7,12-15,18,30H2,1-2H3,(H,32,36)/b23-17+. The highest BCUT2D eigenvalue weighted by molar-refractivity contribution is 6.23. The Morgan fingerprint density at radius 1 is 1.14 bits per heavy atom. The maximum absolute atomic E-state index is 13.2. The van der Waals surface area contributed by atoms with Gasteiger partial charge in [-0.3, -0.25) is 4.99 Å². The van der Waals surface area contributed by atoms with E-state index in [2.05, 4.69) is 42.4 Å². The SMILES string of the molecule is CCc1cccc(NC(=O)N2CCc3nc(/C(=C/N)C4=NCCC4)nc(-c4ccccc4C)c3C2)c1. The van der Waals surface area contributed by atoms with Crippen molar-refractivity contribution in [2.24, 2.45) is 10.7 Å². The number of carbonyl (C=O) groups excluding carboxylic acids is 1. The molecule has 0 fully saturated rings. The topological polar surface area (TPSA) is 96.5 Å². The Bertz CT molecular complexity index is 1360. The molecule has 184 valence electrons. The number of fused-ring (bicyclic) bond motifs is 1. The van der Waals surface area contributed by atoms with E-state index in [1.54, 1.807) is 6.20 Å². The summed E-state index contributed by atoms with van der Waals surface area (Å²) in [7, 11) is 0. The number of allylic oxidation sites excluding steroid dienone is 1. The van der Waals surface area contributed by atoms with E-state index in [1.807, 2.05) is 35.2 Å². The molecule has 3 N–H and O–H groups in total. The quantitative estimate of drug-likeness (QED) is 0.528. The molecule has 7 nitrogen and oxygen atoms in total.